The average Bonchev–Trinajstić information content (AvgIpc) is 2.74. The van der Waals surface area contributed by atoms with Crippen LogP contribution in [0.3, 0.4) is 0 Å². The van der Waals surface area contributed by atoms with E-state index in [-0.39, 0.29) is 12.1 Å². The Morgan fingerprint density at radius 1 is 1.48 bits per heavy atom. The molecule has 5 heteroatoms. The van der Waals surface area contributed by atoms with Gasteiger partial charge in [-0.3, -0.25) is 0 Å². The molecule has 0 unspecified atom stereocenters. The Labute approximate surface area is 125 Å². The van der Waals surface area contributed by atoms with Crippen LogP contribution in [-0.2, 0) is 11.2 Å². The highest BCUT2D eigenvalue weighted by atomic mass is 16.5. The zero-order valence-electron chi connectivity index (χ0n) is 12.3. The SMILES string of the molecule is C=C(C)COCCNC(=O)N[C@H]1c2ccccc2C[C@H]1O. The summed E-state index contributed by atoms with van der Waals surface area (Å²) in [6.07, 6.45) is -0.00383. The number of carbonyl (C=O) groups is 1. The molecule has 3 N–H and O–H groups in total. The molecule has 0 spiro atoms. The fourth-order valence-corrected chi connectivity index (χ4v) is 2.42. The predicted octanol–water partition coefficient (Wildman–Crippen LogP) is 1.54. The zero-order chi connectivity index (χ0) is 15.2. The number of benzene rings is 1. The van der Waals surface area contributed by atoms with Crippen LogP contribution in [0, 0.1) is 0 Å². The summed E-state index contributed by atoms with van der Waals surface area (Å²) in [5, 5.41) is 15.6. The minimum absolute atomic E-state index is 0.297. The molecule has 0 bridgehead atoms. The Balaban J connectivity index is 1.77. The maximum Gasteiger partial charge on any atom is 0.315 e. The lowest BCUT2D eigenvalue weighted by atomic mass is 10.1. The van der Waals surface area contributed by atoms with Crippen molar-refractivity contribution in [1.29, 1.82) is 0 Å². The third-order valence-corrected chi connectivity index (χ3v) is 3.37. The van der Waals surface area contributed by atoms with Crippen LogP contribution in [-0.4, -0.2) is 37.0 Å². The largest absolute Gasteiger partial charge is 0.390 e. The number of hydrogen-bond donors (Lipinski definition) is 3. The Hall–Kier alpha value is -1.85. The number of aliphatic hydroxyl groups excluding tert-OH is 1. The van der Waals surface area contributed by atoms with Gasteiger partial charge in [-0.2, -0.15) is 0 Å². The molecule has 21 heavy (non-hydrogen) atoms. The van der Waals surface area contributed by atoms with Crippen molar-refractivity contribution < 1.29 is 14.6 Å². The molecule has 0 aromatic heterocycles. The van der Waals surface area contributed by atoms with Gasteiger partial charge in [0.15, 0.2) is 0 Å². The van der Waals surface area contributed by atoms with Crippen LogP contribution in [0.4, 0.5) is 4.79 Å². The summed E-state index contributed by atoms with van der Waals surface area (Å²) in [6, 6.07) is 7.12. The van der Waals surface area contributed by atoms with Gasteiger partial charge in [-0.15, -0.1) is 0 Å². The van der Waals surface area contributed by atoms with Gasteiger partial charge in [0.1, 0.15) is 0 Å². The van der Waals surface area contributed by atoms with Crippen molar-refractivity contribution in [2.45, 2.75) is 25.5 Å². The molecule has 2 amide bonds. The Morgan fingerprint density at radius 2 is 2.24 bits per heavy atom. The molecular formula is C16H22N2O3. The van der Waals surface area contributed by atoms with Gasteiger partial charge in [-0.1, -0.05) is 36.4 Å². The summed E-state index contributed by atoms with van der Waals surface area (Å²) in [4.78, 5) is 11.8. The fraction of sp³-hybridized carbons (Fsp3) is 0.438. The second kappa shape index (κ2) is 7.24. The van der Waals surface area contributed by atoms with Crippen LogP contribution >= 0.6 is 0 Å². The molecule has 0 saturated heterocycles. The first-order valence-corrected chi connectivity index (χ1v) is 7.10. The average molecular weight is 290 g/mol. The maximum atomic E-state index is 11.8. The molecule has 2 rings (SSSR count). The van der Waals surface area contributed by atoms with E-state index in [1.54, 1.807) is 0 Å². The van der Waals surface area contributed by atoms with Crippen molar-refractivity contribution in [1.82, 2.24) is 10.6 Å². The lowest BCUT2D eigenvalue weighted by Crippen LogP contribution is -2.42. The van der Waals surface area contributed by atoms with Crippen molar-refractivity contribution in [3.63, 3.8) is 0 Å². The number of rotatable bonds is 6. The normalized spacial score (nSPS) is 19.9. The summed E-state index contributed by atoms with van der Waals surface area (Å²) in [5.41, 5.74) is 3.02. The molecule has 0 heterocycles. The number of hydrogen-bond acceptors (Lipinski definition) is 3. The standard InChI is InChI=1S/C16H22N2O3/c1-11(2)10-21-8-7-17-16(20)18-15-13-6-4-3-5-12(13)9-14(15)19/h3-6,14-15,19H,1,7-10H2,2H3,(H2,17,18,20)/t14-,15+/m1/s1. The summed E-state index contributed by atoms with van der Waals surface area (Å²) < 4.78 is 5.30. The van der Waals surface area contributed by atoms with Crippen LogP contribution in [0.15, 0.2) is 36.4 Å². The van der Waals surface area contributed by atoms with E-state index in [1.807, 2.05) is 31.2 Å². The van der Waals surface area contributed by atoms with Crippen LogP contribution < -0.4 is 10.6 Å². The summed E-state index contributed by atoms with van der Waals surface area (Å²) in [6.45, 7) is 6.97. The molecule has 5 nitrogen and oxygen atoms in total. The van der Waals surface area contributed by atoms with Gasteiger partial charge >= 0.3 is 6.03 Å². The van der Waals surface area contributed by atoms with Crippen LogP contribution in [0.25, 0.3) is 0 Å². The number of fused-ring (bicyclic) bond motifs is 1. The first-order valence-electron chi connectivity index (χ1n) is 7.10. The smallest absolute Gasteiger partial charge is 0.315 e. The highest BCUT2D eigenvalue weighted by Gasteiger charge is 2.31. The van der Waals surface area contributed by atoms with Gasteiger partial charge < -0.3 is 20.5 Å². The molecule has 0 aliphatic heterocycles. The summed E-state index contributed by atoms with van der Waals surface area (Å²) >= 11 is 0. The quantitative estimate of drug-likeness (QED) is 0.550. The minimum Gasteiger partial charge on any atom is -0.390 e. The summed E-state index contributed by atoms with van der Waals surface area (Å²) in [7, 11) is 0. The Morgan fingerprint density at radius 3 is 3.00 bits per heavy atom. The molecule has 0 fully saturated rings. The number of ether oxygens (including phenoxy) is 1. The van der Waals surface area contributed by atoms with Crippen molar-refractivity contribution in [2.75, 3.05) is 19.8 Å². The Kier molecular flexibility index (Phi) is 5.36. The molecule has 1 aliphatic rings. The molecule has 1 aliphatic carbocycles. The maximum absolute atomic E-state index is 11.8. The third-order valence-electron chi connectivity index (χ3n) is 3.37. The molecular weight excluding hydrogens is 268 g/mol. The second-order valence-corrected chi connectivity index (χ2v) is 5.36. The van der Waals surface area contributed by atoms with E-state index in [9.17, 15) is 9.90 Å². The van der Waals surface area contributed by atoms with Crippen molar-refractivity contribution in [3.8, 4) is 0 Å². The molecule has 1 aromatic rings. The van der Waals surface area contributed by atoms with Crippen molar-refractivity contribution in [2.24, 2.45) is 0 Å². The van der Waals surface area contributed by atoms with E-state index in [0.29, 0.717) is 26.2 Å². The molecule has 2 atom stereocenters. The molecule has 1 aromatic carbocycles. The number of amides is 2. The van der Waals surface area contributed by atoms with Gasteiger partial charge in [-0.05, 0) is 18.1 Å². The van der Waals surface area contributed by atoms with E-state index < -0.39 is 6.10 Å². The molecule has 114 valence electrons. The lowest BCUT2D eigenvalue weighted by molar-refractivity contribution is 0.139. The van der Waals surface area contributed by atoms with E-state index in [1.165, 1.54) is 0 Å². The van der Waals surface area contributed by atoms with Gasteiger partial charge in [0.05, 0.1) is 25.4 Å². The molecule has 0 saturated carbocycles. The van der Waals surface area contributed by atoms with Gasteiger partial charge in [0, 0.05) is 13.0 Å². The monoisotopic (exact) mass is 290 g/mol. The minimum atomic E-state index is -0.576. The van der Waals surface area contributed by atoms with Crippen molar-refractivity contribution in [3.05, 3.63) is 47.5 Å². The first kappa shape index (κ1) is 15.5. The van der Waals surface area contributed by atoms with Crippen LogP contribution in [0.2, 0.25) is 0 Å². The number of carbonyl (C=O) groups excluding carboxylic acids is 1. The number of nitrogens with one attached hydrogen (secondary N) is 2. The van der Waals surface area contributed by atoms with Crippen LogP contribution in [0.5, 0.6) is 0 Å². The zero-order valence-corrected chi connectivity index (χ0v) is 12.3. The highest BCUT2D eigenvalue weighted by Crippen LogP contribution is 2.30. The number of aliphatic hydroxyl groups is 1. The third kappa shape index (κ3) is 4.31. The molecule has 0 radical (unpaired) electrons. The topological polar surface area (TPSA) is 70.6 Å². The van der Waals surface area contributed by atoms with Gasteiger partial charge in [0.2, 0.25) is 0 Å². The Bertz CT molecular complexity index is 516. The van der Waals surface area contributed by atoms with Crippen molar-refractivity contribution >= 4 is 6.03 Å². The second-order valence-electron chi connectivity index (χ2n) is 5.36. The lowest BCUT2D eigenvalue weighted by Gasteiger charge is -2.18. The van der Waals surface area contributed by atoms with E-state index in [0.717, 1.165) is 16.7 Å². The summed E-state index contributed by atoms with van der Waals surface area (Å²) in [5.74, 6) is 0. The number of urea groups is 1. The predicted molar refractivity (Wildman–Crippen MR) is 81.1 cm³/mol. The van der Waals surface area contributed by atoms with E-state index in [2.05, 4.69) is 17.2 Å². The van der Waals surface area contributed by atoms with E-state index in [4.69, 9.17) is 4.74 Å². The van der Waals surface area contributed by atoms with Gasteiger partial charge in [-0.25, -0.2) is 4.79 Å². The van der Waals surface area contributed by atoms with Gasteiger partial charge in [0.25, 0.3) is 0 Å². The van der Waals surface area contributed by atoms with Crippen LogP contribution in [0.1, 0.15) is 24.1 Å². The first-order chi connectivity index (χ1) is 10.1. The highest BCUT2D eigenvalue weighted by molar-refractivity contribution is 5.74. The van der Waals surface area contributed by atoms with E-state index >= 15 is 0 Å². The fourth-order valence-electron chi connectivity index (χ4n) is 2.42.